The molecular weight excluding hydrogens is 384 g/mol. The number of hydrogen-bond donors (Lipinski definition) is 2. The fourth-order valence-electron chi connectivity index (χ4n) is 2.75. The van der Waals surface area contributed by atoms with Crippen LogP contribution in [0, 0.1) is 6.92 Å². The van der Waals surface area contributed by atoms with Gasteiger partial charge in [0.2, 0.25) is 5.91 Å². The molecule has 0 aromatic heterocycles. The van der Waals surface area contributed by atoms with E-state index in [1.807, 2.05) is 25.1 Å². The molecule has 0 aliphatic carbocycles. The maximum Gasteiger partial charge on any atom is 0.513 e. The molecular formula is C23H28N2O5. The average molecular weight is 412 g/mol. The molecule has 0 aliphatic heterocycles. The van der Waals surface area contributed by atoms with Gasteiger partial charge in [-0.3, -0.25) is 9.59 Å². The number of nitrogens with one attached hydrogen (secondary N) is 2. The zero-order valence-electron chi connectivity index (χ0n) is 17.4. The van der Waals surface area contributed by atoms with E-state index >= 15 is 0 Å². The Morgan fingerprint density at radius 1 is 0.967 bits per heavy atom. The molecule has 0 spiro atoms. The summed E-state index contributed by atoms with van der Waals surface area (Å²) >= 11 is 0. The fraction of sp³-hybridized carbons (Fsp3) is 0.348. The summed E-state index contributed by atoms with van der Waals surface area (Å²) in [5, 5.41) is 5.66. The van der Waals surface area contributed by atoms with Crippen molar-refractivity contribution in [3.63, 3.8) is 0 Å². The lowest BCUT2D eigenvalue weighted by molar-refractivity contribution is -0.121. The van der Waals surface area contributed by atoms with E-state index in [0.29, 0.717) is 43.7 Å². The second-order valence-electron chi connectivity index (χ2n) is 6.76. The van der Waals surface area contributed by atoms with Gasteiger partial charge in [-0.2, -0.15) is 0 Å². The zero-order chi connectivity index (χ0) is 21.8. The Morgan fingerprint density at radius 2 is 1.70 bits per heavy atom. The van der Waals surface area contributed by atoms with Crippen molar-refractivity contribution in [3.05, 3.63) is 65.2 Å². The smallest absolute Gasteiger partial charge is 0.434 e. The van der Waals surface area contributed by atoms with Crippen LogP contribution < -0.4 is 15.4 Å². The van der Waals surface area contributed by atoms with Crippen molar-refractivity contribution in [1.29, 1.82) is 0 Å². The van der Waals surface area contributed by atoms with Crippen LogP contribution in [0.2, 0.25) is 0 Å². The summed E-state index contributed by atoms with van der Waals surface area (Å²) in [5.41, 5.74) is 2.79. The molecule has 7 heteroatoms. The number of aryl methyl sites for hydroxylation is 2. The number of amides is 2. The molecule has 2 amide bonds. The summed E-state index contributed by atoms with van der Waals surface area (Å²) in [4.78, 5) is 35.3. The van der Waals surface area contributed by atoms with Gasteiger partial charge in [-0.25, -0.2) is 4.79 Å². The van der Waals surface area contributed by atoms with Crippen LogP contribution in [0.25, 0.3) is 0 Å². The third-order valence-electron chi connectivity index (χ3n) is 4.26. The van der Waals surface area contributed by atoms with Gasteiger partial charge >= 0.3 is 6.16 Å². The van der Waals surface area contributed by atoms with Gasteiger partial charge in [-0.1, -0.05) is 29.8 Å². The van der Waals surface area contributed by atoms with E-state index in [2.05, 4.69) is 21.4 Å². The van der Waals surface area contributed by atoms with Gasteiger partial charge in [-0.15, -0.1) is 0 Å². The van der Waals surface area contributed by atoms with Crippen molar-refractivity contribution >= 4 is 18.0 Å². The van der Waals surface area contributed by atoms with E-state index in [-0.39, 0.29) is 18.4 Å². The molecule has 2 rings (SSSR count). The van der Waals surface area contributed by atoms with Crippen LogP contribution in [-0.2, 0) is 16.0 Å². The molecule has 30 heavy (non-hydrogen) atoms. The van der Waals surface area contributed by atoms with Gasteiger partial charge in [0.15, 0.2) is 0 Å². The highest BCUT2D eigenvalue weighted by Gasteiger charge is 2.08. The molecule has 2 N–H and O–H groups in total. The molecule has 0 radical (unpaired) electrons. The normalized spacial score (nSPS) is 10.2. The lowest BCUT2D eigenvalue weighted by Gasteiger charge is -2.08. The van der Waals surface area contributed by atoms with Crippen molar-refractivity contribution in [1.82, 2.24) is 10.6 Å². The molecule has 0 aliphatic rings. The molecule has 0 fully saturated rings. The maximum absolute atomic E-state index is 12.1. The molecule has 0 bridgehead atoms. The number of hydrogen-bond acceptors (Lipinski definition) is 5. The van der Waals surface area contributed by atoms with Crippen molar-refractivity contribution in [2.24, 2.45) is 0 Å². The molecule has 0 unspecified atom stereocenters. The largest absolute Gasteiger partial charge is 0.513 e. The van der Waals surface area contributed by atoms with E-state index in [0.717, 1.165) is 5.56 Å². The zero-order valence-corrected chi connectivity index (χ0v) is 17.4. The Balaban J connectivity index is 1.61. The first kappa shape index (κ1) is 22.9. The summed E-state index contributed by atoms with van der Waals surface area (Å²) in [7, 11) is 0. The van der Waals surface area contributed by atoms with E-state index in [4.69, 9.17) is 4.74 Å². The molecule has 7 nitrogen and oxygen atoms in total. The minimum atomic E-state index is -0.782. The second kappa shape index (κ2) is 12.3. The fourth-order valence-corrected chi connectivity index (χ4v) is 2.75. The summed E-state index contributed by atoms with van der Waals surface area (Å²) in [6, 6.07) is 14.3. The monoisotopic (exact) mass is 412 g/mol. The number of rotatable bonds is 10. The minimum absolute atomic E-state index is 0.0000196. The van der Waals surface area contributed by atoms with Gasteiger partial charge in [-0.05, 0) is 56.5 Å². The predicted octanol–water partition coefficient (Wildman–Crippen LogP) is 3.40. The predicted molar refractivity (Wildman–Crippen MR) is 114 cm³/mol. The van der Waals surface area contributed by atoms with Gasteiger partial charge in [0, 0.05) is 25.1 Å². The standard InChI is InChI=1S/C23H28N2O5/c1-3-29-23(28)30-20-11-9-19(10-12-20)22(27)25-15-5-14-24-21(26)13-8-18-7-4-6-17(2)16-18/h4,6-7,9-12,16H,3,5,8,13-15H2,1-2H3,(H,24,26)(H,25,27). The number of benzene rings is 2. The van der Waals surface area contributed by atoms with Crippen LogP contribution in [0.5, 0.6) is 5.75 Å². The van der Waals surface area contributed by atoms with Crippen molar-refractivity contribution in [2.75, 3.05) is 19.7 Å². The Hall–Kier alpha value is -3.35. The molecule has 0 heterocycles. The molecule has 0 atom stereocenters. The average Bonchev–Trinajstić information content (AvgIpc) is 2.72. The Labute approximate surface area is 176 Å². The Kier molecular flexibility index (Phi) is 9.37. The van der Waals surface area contributed by atoms with Crippen molar-refractivity contribution in [3.8, 4) is 5.75 Å². The first-order valence-electron chi connectivity index (χ1n) is 10.0. The number of carbonyl (C=O) groups is 3. The first-order valence-corrected chi connectivity index (χ1v) is 10.0. The highest BCUT2D eigenvalue weighted by molar-refractivity contribution is 5.94. The SMILES string of the molecule is CCOC(=O)Oc1ccc(C(=O)NCCCNC(=O)CCc2cccc(C)c2)cc1. The van der Waals surface area contributed by atoms with Crippen LogP contribution in [-0.4, -0.2) is 37.7 Å². The van der Waals surface area contributed by atoms with Crippen LogP contribution in [0.1, 0.15) is 41.3 Å². The van der Waals surface area contributed by atoms with Gasteiger partial charge in [0.25, 0.3) is 5.91 Å². The molecule has 160 valence electrons. The van der Waals surface area contributed by atoms with Gasteiger partial charge < -0.3 is 20.1 Å². The lowest BCUT2D eigenvalue weighted by Crippen LogP contribution is -2.30. The quantitative estimate of drug-likeness (QED) is 0.354. The van der Waals surface area contributed by atoms with Gasteiger partial charge in [0.1, 0.15) is 5.75 Å². The summed E-state index contributed by atoms with van der Waals surface area (Å²) in [6.07, 6.45) is 0.998. The molecule has 2 aromatic rings. The topological polar surface area (TPSA) is 93.7 Å². The maximum atomic E-state index is 12.1. The number of ether oxygens (including phenoxy) is 2. The Morgan fingerprint density at radius 3 is 2.40 bits per heavy atom. The van der Waals surface area contributed by atoms with E-state index in [1.54, 1.807) is 19.1 Å². The highest BCUT2D eigenvalue weighted by atomic mass is 16.7. The molecule has 0 saturated carbocycles. The minimum Gasteiger partial charge on any atom is -0.434 e. The summed E-state index contributed by atoms with van der Waals surface area (Å²) in [5.74, 6) is 0.0712. The third kappa shape index (κ3) is 8.34. The van der Waals surface area contributed by atoms with Crippen LogP contribution in [0.15, 0.2) is 48.5 Å². The summed E-state index contributed by atoms with van der Waals surface area (Å²) < 4.78 is 9.63. The number of carbonyl (C=O) groups excluding carboxylic acids is 3. The van der Waals surface area contributed by atoms with E-state index < -0.39 is 6.16 Å². The van der Waals surface area contributed by atoms with Crippen LogP contribution in [0.4, 0.5) is 4.79 Å². The van der Waals surface area contributed by atoms with Crippen molar-refractivity contribution < 1.29 is 23.9 Å². The van der Waals surface area contributed by atoms with Gasteiger partial charge in [0.05, 0.1) is 6.61 Å². The van der Waals surface area contributed by atoms with Crippen molar-refractivity contribution in [2.45, 2.75) is 33.1 Å². The second-order valence-corrected chi connectivity index (χ2v) is 6.76. The molecule has 0 saturated heterocycles. The van der Waals surface area contributed by atoms with E-state index in [1.165, 1.54) is 17.7 Å². The van der Waals surface area contributed by atoms with Crippen LogP contribution >= 0.6 is 0 Å². The lowest BCUT2D eigenvalue weighted by atomic mass is 10.1. The highest BCUT2D eigenvalue weighted by Crippen LogP contribution is 2.13. The molecule has 2 aromatic carbocycles. The van der Waals surface area contributed by atoms with Crippen LogP contribution in [0.3, 0.4) is 0 Å². The Bertz CT molecular complexity index is 849. The van der Waals surface area contributed by atoms with E-state index in [9.17, 15) is 14.4 Å². The third-order valence-corrected chi connectivity index (χ3v) is 4.26. The first-order chi connectivity index (χ1) is 14.5. The summed E-state index contributed by atoms with van der Waals surface area (Å²) in [6.45, 7) is 4.89.